The van der Waals surface area contributed by atoms with E-state index in [-0.39, 0.29) is 0 Å². The van der Waals surface area contributed by atoms with E-state index in [0.717, 1.165) is 66.7 Å². The summed E-state index contributed by atoms with van der Waals surface area (Å²) in [5, 5.41) is 10.5. The molecule has 268 valence electrons. The number of nitrogens with one attached hydrogen (secondary N) is 1. The highest BCUT2D eigenvalue weighted by atomic mass is 16.3. The van der Waals surface area contributed by atoms with Gasteiger partial charge in [0.1, 0.15) is 17.0 Å². The first kappa shape index (κ1) is 31.6. The van der Waals surface area contributed by atoms with Gasteiger partial charge in [-0.1, -0.05) is 146 Å². The molecule has 1 unspecified atom stereocenters. The molecule has 1 atom stereocenters. The van der Waals surface area contributed by atoms with E-state index in [0.29, 0.717) is 5.84 Å². The Bertz CT molecular complexity index is 3390. The van der Waals surface area contributed by atoms with Gasteiger partial charge in [-0.15, -0.1) is 0 Å². The molecule has 0 radical (unpaired) electrons. The van der Waals surface area contributed by atoms with Crippen LogP contribution in [0.25, 0.3) is 82.4 Å². The third-order valence-electron chi connectivity index (χ3n) is 11.4. The fourth-order valence-electron chi connectivity index (χ4n) is 8.91. The summed E-state index contributed by atoms with van der Waals surface area (Å²) in [6.45, 7) is 0. The molecular weight excluding hydrogens is 699 g/mol. The van der Waals surface area contributed by atoms with Crippen molar-refractivity contribution in [1.29, 1.82) is 0 Å². The minimum Gasteiger partial charge on any atom is -0.456 e. The zero-order valence-corrected chi connectivity index (χ0v) is 30.7. The Morgan fingerprint density at radius 3 is 1.75 bits per heavy atom. The maximum Gasteiger partial charge on any atom is 0.204 e. The monoisotopic (exact) mass is 731 g/mol. The minimum atomic E-state index is -0.473. The van der Waals surface area contributed by atoms with Crippen LogP contribution in [0.4, 0.5) is 0 Å². The molecule has 0 fully saturated rings. The van der Waals surface area contributed by atoms with Crippen molar-refractivity contribution in [3.8, 4) is 16.8 Å². The highest BCUT2D eigenvalue weighted by molar-refractivity contribution is 6.24. The lowest BCUT2D eigenvalue weighted by atomic mass is 10.0. The predicted octanol–water partition coefficient (Wildman–Crippen LogP) is 12.4. The molecule has 0 amide bonds. The van der Waals surface area contributed by atoms with Crippen LogP contribution < -0.4 is 5.32 Å². The van der Waals surface area contributed by atoms with Crippen LogP contribution in [-0.4, -0.2) is 20.8 Å². The van der Waals surface area contributed by atoms with Gasteiger partial charge in [0.15, 0.2) is 5.84 Å². The second kappa shape index (κ2) is 12.4. The molecule has 12 rings (SSSR count). The first-order valence-electron chi connectivity index (χ1n) is 19.3. The van der Waals surface area contributed by atoms with Gasteiger partial charge in [0.05, 0.1) is 33.1 Å². The molecule has 3 aromatic heterocycles. The van der Waals surface area contributed by atoms with E-state index in [1.165, 1.54) is 32.7 Å². The van der Waals surface area contributed by atoms with E-state index in [9.17, 15) is 0 Å². The van der Waals surface area contributed by atoms with E-state index < -0.39 is 6.29 Å². The summed E-state index contributed by atoms with van der Waals surface area (Å²) in [5.74, 6) is 1.39. The Kier molecular flexibility index (Phi) is 6.89. The summed E-state index contributed by atoms with van der Waals surface area (Å²) in [5.41, 5.74) is 11.3. The number of amidine groups is 2. The van der Waals surface area contributed by atoms with Crippen LogP contribution in [0.2, 0.25) is 0 Å². The number of benzene rings is 8. The third-order valence-corrected chi connectivity index (χ3v) is 11.4. The predicted molar refractivity (Wildman–Crippen MR) is 235 cm³/mol. The number of hydrogen-bond donors (Lipinski definition) is 1. The smallest absolute Gasteiger partial charge is 0.204 e. The van der Waals surface area contributed by atoms with Gasteiger partial charge in [0, 0.05) is 38.1 Å². The first-order valence-corrected chi connectivity index (χ1v) is 19.3. The lowest BCUT2D eigenvalue weighted by Crippen LogP contribution is -2.36. The van der Waals surface area contributed by atoms with Crippen LogP contribution >= 0.6 is 0 Å². The fourth-order valence-corrected chi connectivity index (χ4v) is 8.91. The average molecular weight is 732 g/mol. The second-order valence-corrected chi connectivity index (χ2v) is 14.6. The number of aromatic nitrogens is 2. The van der Waals surface area contributed by atoms with Gasteiger partial charge >= 0.3 is 0 Å². The van der Waals surface area contributed by atoms with Crippen molar-refractivity contribution in [2.75, 3.05) is 0 Å². The number of para-hydroxylation sites is 3. The minimum absolute atomic E-state index is 0.473. The van der Waals surface area contributed by atoms with Crippen LogP contribution in [0.3, 0.4) is 0 Å². The van der Waals surface area contributed by atoms with Crippen LogP contribution in [0.15, 0.2) is 202 Å². The van der Waals surface area contributed by atoms with Crippen molar-refractivity contribution in [3.63, 3.8) is 0 Å². The molecule has 11 aromatic rings. The van der Waals surface area contributed by atoms with E-state index in [1.807, 2.05) is 24.3 Å². The summed E-state index contributed by atoms with van der Waals surface area (Å²) in [7, 11) is 0. The standard InChI is InChI=1S/C51H33N5O/c1-3-15-32(16-4-1)34-29-30-38-37-21-7-10-23-40(37)55(44(38)31-34)43-26-14-28-46-48(43)47-39(22-13-27-45(47)57-46)50-52-49(33-17-5-2-6-18-33)53-51(54-50)56-41-24-11-8-19-35(41)36-20-9-12-25-42(36)56/h1-31,51H,(H,52,53,54). The molecule has 8 aromatic carbocycles. The Balaban J connectivity index is 1.14. The van der Waals surface area contributed by atoms with Crippen molar-refractivity contribution in [3.05, 3.63) is 199 Å². The normalized spacial score (nSPS) is 14.5. The van der Waals surface area contributed by atoms with Crippen LogP contribution in [0, 0.1) is 0 Å². The largest absolute Gasteiger partial charge is 0.456 e. The summed E-state index contributed by atoms with van der Waals surface area (Å²) < 4.78 is 11.4. The van der Waals surface area contributed by atoms with Gasteiger partial charge in [-0.2, -0.15) is 0 Å². The summed E-state index contributed by atoms with van der Waals surface area (Å²) >= 11 is 0. The Morgan fingerprint density at radius 1 is 0.456 bits per heavy atom. The van der Waals surface area contributed by atoms with Crippen LogP contribution in [-0.2, 0) is 0 Å². The topological polar surface area (TPSA) is 59.8 Å². The Hall–Kier alpha value is -7.70. The third kappa shape index (κ3) is 4.84. The van der Waals surface area contributed by atoms with E-state index in [2.05, 4.69) is 178 Å². The quantitative estimate of drug-likeness (QED) is 0.192. The number of aliphatic imine (C=N–C) groups is 2. The molecule has 1 aliphatic heterocycles. The van der Waals surface area contributed by atoms with E-state index >= 15 is 0 Å². The lowest BCUT2D eigenvalue weighted by Gasteiger charge is -2.26. The van der Waals surface area contributed by atoms with E-state index in [4.69, 9.17) is 14.4 Å². The summed E-state index contributed by atoms with van der Waals surface area (Å²) in [6, 6.07) is 66.1. The molecule has 0 spiro atoms. The zero-order chi connectivity index (χ0) is 37.5. The molecule has 1 aliphatic rings. The molecule has 0 aliphatic carbocycles. The highest BCUT2D eigenvalue weighted by Gasteiger charge is 2.27. The number of fused-ring (bicyclic) bond motifs is 9. The average Bonchev–Trinajstić information content (AvgIpc) is 3.94. The van der Waals surface area contributed by atoms with Crippen LogP contribution in [0.1, 0.15) is 17.4 Å². The van der Waals surface area contributed by atoms with Gasteiger partial charge in [-0.3, -0.25) is 0 Å². The number of nitrogens with zero attached hydrogens (tertiary/aromatic N) is 4. The summed E-state index contributed by atoms with van der Waals surface area (Å²) in [6.07, 6.45) is -0.473. The van der Waals surface area contributed by atoms with E-state index in [1.54, 1.807) is 0 Å². The Morgan fingerprint density at radius 2 is 1.04 bits per heavy atom. The van der Waals surface area contributed by atoms with Crippen LogP contribution in [0.5, 0.6) is 0 Å². The van der Waals surface area contributed by atoms with Gasteiger partial charge in [-0.05, 0) is 53.6 Å². The lowest BCUT2D eigenvalue weighted by molar-refractivity contribution is 0.516. The maximum absolute atomic E-state index is 6.73. The molecule has 6 heteroatoms. The molecule has 6 nitrogen and oxygen atoms in total. The number of furan rings is 1. The zero-order valence-electron chi connectivity index (χ0n) is 30.7. The summed E-state index contributed by atoms with van der Waals surface area (Å²) in [4.78, 5) is 10.8. The van der Waals surface area contributed by atoms with Crippen molar-refractivity contribution in [2.24, 2.45) is 9.98 Å². The molecule has 1 N–H and O–H groups in total. The maximum atomic E-state index is 6.73. The van der Waals surface area contributed by atoms with Gasteiger partial charge in [0.25, 0.3) is 0 Å². The van der Waals surface area contributed by atoms with Gasteiger partial charge in [0.2, 0.25) is 6.29 Å². The molecule has 0 saturated carbocycles. The fraction of sp³-hybridized carbons (Fsp3) is 0.0196. The Labute approximate surface area is 327 Å². The molecule has 0 bridgehead atoms. The van der Waals surface area contributed by atoms with Crippen molar-refractivity contribution in [2.45, 2.75) is 6.29 Å². The highest BCUT2D eigenvalue weighted by Crippen LogP contribution is 2.41. The van der Waals surface area contributed by atoms with Crippen molar-refractivity contribution >= 4 is 77.2 Å². The van der Waals surface area contributed by atoms with Crippen molar-refractivity contribution < 1.29 is 4.42 Å². The molecule has 57 heavy (non-hydrogen) atoms. The number of rotatable bonds is 5. The van der Waals surface area contributed by atoms with Gasteiger partial charge in [-0.25, -0.2) is 9.98 Å². The molecule has 4 heterocycles. The molecular formula is C51H33N5O. The van der Waals surface area contributed by atoms with Crippen molar-refractivity contribution in [1.82, 2.24) is 14.5 Å². The SMILES string of the molecule is c1ccc(C2=NC(c3cccc4oc5cccc(-n6c7ccccc7c7ccc(-c8ccccc8)cc76)c5c34)=NC(n3c4ccccc4c4ccccc43)N2)cc1. The number of hydrogen-bond acceptors (Lipinski definition) is 4. The second-order valence-electron chi connectivity index (χ2n) is 14.6. The first-order chi connectivity index (χ1) is 28.3. The van der Waals surface area contributed by atoms with Gasteiger partial charge < -0.3 is 18.9 Å². The molecule has 0 saturated heterocycles.